The van der Waals surface area contributed by atoms with Gasteiger partial charge in [-0.05, 0) is 24.6 Å². The summed E-state index contributed by atoms with van der Waals surface area (Å²) in [6.45, 7) is 3.88. The van der Waals surface area contributed by atoms with E-state index in [1.807, 2.05) is 35.8 Å². The molecule has 0 bridgehead atoms. The average Bonchev–Trinajstić information content (AvgIpc) is 3.36. The number of carbonyl (C=O) groups excluding carboxylic acids is 2. The summed E-state index contributed by atoms with van der Waals surface area (Å²) in [5, 5.41) is 9.95. The number of nitrogens with one attached hydrogen (secondary N) is 2. The number of likely N-dealkylation sites (tertiary alicyclic amines) is 1. The molecule has 2 N–H and O–H groups in total. The highest BCUT2D eigenvalue weighted by Gasteiger charge is 2.30. The van der Waals surface area contributed by atoms with E-state index in [0.29, 0.717) is 25.2 Å². The molecular formula is C19H22N6O2. The number of imidazole rings is 1. The van der Waals surface area contributed by atoms with Crippen LogP contribution < -0.4 is 5.32 Å². The summed E-state index contributed by atoms with van der Waals surface area (Å²) in [5.41, 5.74) is 3.10. The number of nitrogens with zero attached hydrogens (tertiary/aromatic N) is 4. The summed E-state index contributed by atoms with van der Waals surface area (Å²) < 4.78 is 2.00. The van der Waals surface area contributed by atoms with Crippen LogP contribution in [0.25, 0.3) is 11.0 Å². The van der Waals surface area contributed by atoms with Gasteiger partial charge in [0.25, 0.3) is 5.91 Å². The fourth-order valence-corrected chi connectivity index (χ4v) is 3.49. The van der Waals surface area contributed by atoms with Crippen LogP contribution in [-0.4, -0.2) is 55.6 Å². The highest BCUT2D eigenvalue weighted by atomic mass is 16.2. The topological polar surface area (TPSA) is 95.9 Å². The Bertz CT molecular complexity index is 975. The van der Waals surface area contributed by atoms with Crippen LogP contribution in [0.4, 0.5) is 0 Å². The Morgan fingerprint density at radius 2 is 2.22 bits per heavy atom. The van der Waals surface area contributed by atoms with Crippen molar-refractivity contribution in [3.05, 3.63) is 48.0 Å². The number of hydrogen-bond donors (Lipinski definition) is 2. The van der Waals surface area contributed by atoms with E-state index in [4.69, 9.17) is 0 Å². The van der Waals surface area contributed by atoms with Crippen molar-refractivity contribution in [2.24, 2.45) is 0 Å². The maximum atomic E-state index is 12.5. The standard InChI is InChI=1S/C19H22N6O2/c1-2-7-24-10-13(9-18(24)26)21-19(27)16-8-14(22-23-16)11-25-12-20-15-5-3-4-6-17(15)25/h3-6,8,12-13H,2,7,9-11H2,1H3,(H,21,27)(H,22,23). The van der Waals surface area contributed by atoms with Gasteiger partial charge in [-0.25, -0.2) is 4.98 Å². The van der Waals surface area contributed by atoms with E-state index in [0.717, 1.165) is 29.7 Å². The molecule has 8 heteroatoms. The summed E-state index contributed by atoms with van der Waals surface area (Å²) >= 11 is 0. The molecule has 1 aliphatic heterocycles. The van der Waals surface area contributed by atoms with Gasteiger partial charge in [-0.15, -0.1) is 0 Å². The lowest BCUT2D eigenvalue weighted by molar-refractivity contribution is -0.127. The van der Waals surface area contributed by atoms with Crippen LogP contribution >= 0.6 is 0 Å². The van der Waals surface area contributed by atoms with Crippen LogP contribution in [0.3, 0.4) is 0 Å². The zero-order chi connectivity index (χ0) is 18.8. The van der Waals surface area contributed by atoms with Crippen molar-refractivity contribution >= 4 is 22.8 Å². The first kappa shape index (κ1) is 17.3. The molecule has 3 aromatic rings. The van der Waals surface area contributed by atoms with Crippen molar-refractivity contribution in [3.63, 3.8) is 0 Å². The molecule has 1 atom stereocenters. The van der Waals surface area contributed by atoms with Crippen LogP contribution in [-0.2, 0) is 11.3 Å². The second-order valence-corrected chi connectivity index (χ2v) is 6.85. The van der Waals surface area contributed by atoms with Crippen molar-refractivity contribution < 1.29 is 9.59 Å². The zero-order valence-electron chi connectivity index (χ0n) is 15.2. The normalized spacial score (nSPS) is 17.0. The Kier molecular flexibility index (Phi) is 4.62. The summed E-state index contributed by atoms with van der Waals surface area (Å²) in [5.74, 6) is -0.166. The maximum Gasteiger partial charge on any atom is 0.272 e. The van der Waals surface area contributed by atoms with Gasteiger partial charge in [0, 0.05) is 19.5 Å². The number of para-hydroxylation sites is 2. The van der Waals surface area contributed by atoms with Crippen molar-refractivity contribution in [3.8, 4) is 0 Å². The Morgan fingerprint density at radius 3 is 3.07 bits per heavy atom. The van der Waals surface area contributed by atoms with Gasteiger partial charge in [0.05, 0.1) is 35.6 Å². The number of amides is 2. The predicted octanol–water partition coefficient (Wildman–Crippen LogP) is 1.55. The molecule has 4 rings (SSSR count). The third kappa shape index (κ3) is 3.55. The molecule has 1 unspecified atom stereocenters. The molecule has 1 aliphatic rings. The van der Waals surface area contributed by atoms with E-state index in [-0.39, 0.29) is 17.9 Å². The van der Waals surface area contributed by atoms with Gasteiger partial charge in [0.1, 0.15) is 5.69 Å². The highest BCUT2D eigenvalue weighted by molar-refractivity contribution is 5.93. The van der Waals surface area contributed by atoms with Crippen LogP contribution in [0.5, 0.6) is 0 Å². The Hall–Kier alpha value is -3.16. The SMILES string of the molecule is CCCN1CC(NC(=O)c2cc(Cn3cnc4ccccc43)[nH]n2)CC1=O. The smallest absolute Gasteiger partial charge is 0.272 e. The van der Waals surface area contributed by atoms with E-state index >= 15 is 0 Å². The lowest BCUT2D eigenvalue weighted by Gasteiger charge is -2.15. The quantitative estimate of drug-likeness (QED) is 0.692. The zero-order valence-corrected chi connectivity index (χ0v) is 15.2. The lowest BCUT2D eigenvalue weighted by atomic mass is 10.2. The van der Waals surface area contributed by atoms with E-state index in [2.05, 4.69) is 20.5 Å². The molecule has 1 aromatic carbocycles. The van der Waals surface area contributed by atoms with Crippen LogP contribution in [0.15, 0.2) is 36.7 Å². The summed E-state index contributed by atoms with van der Waals surface area (Å²) in [7, 11) is 0. The van der Waals surface area contributed by atoms with E-state index in [9.17, 15) is 9.59 Å². The fraction of sp³-hybridized carbons (Fsp3) is 0.368. The van der Waals surface area contributed by atoms with Crippen molar-refractivity contribution in [1.29, 1.82) is 0 Å². The number of fused-ring (bicyclic) bond motifs is 1. The first-order valence-corrected chi connectivity index (χ1v) is 9.17. The molecule has 0 spiro atoms. The largest absolute Gasteiger partial charge is 0.346 e. The number of hydrogen-bond acceptors (Lipinski definition) is 4. The Balaban J connectivity index is 1.40. The van der Waals surface area contributed by atoms with Gasteiger partial charge in [0.15, 0.2) is 0 Å². The van der Waals surface area contributed by atoms with Crippen molar-refractivity contribution in [2.75, 3.05) is 13.1 Å². The number of aromatic amines is 1. The number of H-pyrrole nitrogens is 1. The number of benzene rings is 1. The minimum atomic E-state index is -0.260. The fourth-order valence-electron chi connectivity index (χ4n) is 3.49. The monoisotopic (exact) mass is 366 g/mol. The molecule has 1 fully saturated rings. The van der Waals surface area contributed by atoms with Crippen molar-refractivity contribution in [2.45, 2.75) is 32.4 Å². The molecule has 0 saturated carbocycles. The Labute approximate surface area is 156 Å². The molecule has 2 aromatic heterocycles. The first-order valence-electron chi connectivity index (χ1n) is 9.17. The predicted molar refractivity (Wildman–Crippen MR) is 100 cm³/mol. The third-order valence-electron chi connectivity index (χ3n) is 4.77. The van der Waals surface area contributed by atoms with E-state index < -0.39 is 0 Å². The second kappa shape index (κ2) is 7.22. The summed E-state index contributed by atoms with van der Waals surface area (Å²) in [6, 6.07) is 9.47. The van der Waals surface area contributed by atoms with E-state index in [1.165, 1.54) is 0 Å². The number of aromatic nitrogens is 4. The molecular weight excluding hydrogens is 344 g/mol. The second-order valence-electron chi connectivity index (χ2n) is 6.85. The molecule has 3 heterocycles. The van der Waals surface area contributed by atoms with Gasteiger partial charge in [0.2, 0.25) is 5.91 Å². The van der Waals surface area contributed by atoms with Gasteiger partial charge in [-0.1, -0.05) is 19.1 Å². The summed E-state index contributed by atoms with van der Waals surface area (Å²) in [6.07, 6.45) is 3.04. The van der Waals surface area contributed by atoms with Crippen LogP contribution in [0.1, 0.15) is 35.9 Å². The molecule has 8 nitrogen and oxygen atoms in total. The molecule has 140 valence electrons. The minimum Gasteiger partial charge on any atom is -0.346 e. The average molecular weight is 366 g/mol. The van der Waals surface area contributed by atoms with Gasteiger partial charge in [-0.3, -0.25) is 14.7 Å². The third-order valence-corrected chi connectivity index (χ3v) is 4.77. The number of rotatable bonds is 6. The number of carbonyl (C=O) groups is 2. The van der Waals surface area contributed by atoms with Crippen LogP contribution in [0.2, 0.25) is 0 Å². The maximum absolute atomic E-state index is 12.5. The van der Waals surface area contributed by atoms with Gasteiger partial charge < -0.3 is 14.8 Å². The lowest BCUT2D eigenvalue weighted by Crippen LogP contribution is -2.37. The molecule has 0 radical (unpaired) electrons. The molecule has 2 amide bonds. The van der Waals surface area contributed by atoms with Gasteiger partial charge >= 0.3 is 0 Å². The van der Waals surface area contributed by atoms with Crippen molar-refractivity contribution in [1.82, 2.24) is 30.0 Å². The summed E-state index contributed by atoms with van der Waals surface area (Å²) in [4.78, 5) is 30.5. The first-order chi connectivity index (χ1) is 13.1. The molecule has 0 aliphatic carbocycles. The van der Waals surface area contributed by atoms with Gasteiger partial charge in [-0.2, -0.15) is 5.10 Å². The Morgan fingerprint density at radius 1 is 1.37 bits per heavy atom. The highest BCUT2D eigenvalue weighted by Crippen LogP contribution is 2.15. The molecule has 27 heavy (non-hydrogen) atoms. The minimum absolute atomic E-state index is 0.0943. The van der Waals surface area contributed by atoms with E-state index in [1.54, 1.807) is 17.3 Å². The van der Waals surface area contributed by atoms with Crippen LogP contribution in [0, 0.1) is 0 Å². The molecule has 1 saturated heterocycles.